The number of ether oxygens (including phenoxy) is 3. The van der Waals surface area contributed by atoms with Gasteiger partial charge in [0.25, 0.3) is 12.1 Å². The van der Waals surface area contributed by atoms with Gasteiger partial charge in [0, 0.05) is 12.0 Å². The van der Waals surface area contributed by atoms with Gasteiger partial charge in [-0.3, -0.25) is 4.48 Å². The van der Waals surface area contributed by atoms with Crippen molar-refractivity contribution in [3.8, 4) is 5.88 Å². The fourth-order valence-electron chi connectivity index (χ4n) is 4.20. The summed E-state index contributed by atoms with van der Waals surface area (Å²) in [4.78, 5) is 12.5. The number of likely N-dealkylation sites (N-methyl/N-ethyl adjacent to an activating group) is 1. The minimum absolute atomic E-state index is 0.370. The molecule has 186 valence electrons. The first-order valence-electron chi connectivity index (χ1n) is 12.4. The van der Waals surface area contributed by atoms with Crippen molar-refractivity contribution in [1.82, 2.24) is 8.75 Å². The van der Waals surface area contributed by atoms with Crippen molar-refractivity contribution in [1.29, 1.82) is 0 Å². The standard InChI is InChI=1S/C26H38N3O4S/c1-4-6-8-12-19-31-24-23(27-34-28-24)22-16-13-17-29(3,20-22)25(21-14-10-9-11-15-21)33-26(30)32-18-7-5-2/h9-11,14-16,25H,4-8,12-13,17-20H2,1-3H3/q+1. The molecular weight excluding hydrogens is 450 g/mol. The van der Waals surface area contributed by atoms with Crippen LogP contribution in [0.2, 0.25) is 0 Å². The van der Waals surface area contributed by atoms with Crippen molar-refractivity contribution >= 4 is 23.5 Å². The van der Waals surface area contributed by atoms with Gasteiger partial charge < -0.3 is 14.2 Å². The highest BCUT2D eigenvalue weighted by molar-refractivity contribution is 6.99. The van der Waals surface area contributed by atoms with Gasteiger partial charge in [-0.2, -0.15) is 4.37 Å². The monoisotopic (exact) mass is 488 g/mol. The van der Waals surface area contributed by atoms with Gasteiger partial charge >= 0.3 is 6.16 Å². The molecule has 2 aromatic rings. The van der Waals surface area contributed by atoms with Crippen LogP contribution in [0.15, 0.2) is 36.4 Å². The van der Waals surface area contributed by atoms with E-state index in [-0.39, 0.29) is 0 Å². The Morgan fingerprint density at radius 3 is 2.62 bits per heavy atom. The summed E-state index contributed by atoms with van der Waals surface area (Å²) in [5, 5.41) is 0. The topological polar surface area (TPSA) is 70.5 Å². The normalized spacial score (nSPS) is 18.7. The molecule has 0 spiro atoms. The Bertz CT molecular complexity index is 918. The third-order valence-corrected chi connectivity index (χ3v) is 6.65. The van der Waals surface area contributed by atoms with E-state index in [1.165, 1.54) is 24.6 Å². The first kappa shape index (κ1) is 26.2. The maximum atomic E-state index is 12.5. The second-order valence-corrected chi connectivity index (χ2v) is 9.57. The molecule has 0 bridgehead atoms. The molecule has 2 atom stereocenters. The maximum absolute atomic E-state index is 12.5. The molecule has 1 aromatic heterocycles. The Hall–Kier alpha value is -2.45. The summed E-state index contributed by atoms with van der Waals surface area (Å²) < 4.78 is 26.7. The number of quaternary nitrogens is 1. The molecule has 0 radical (unpaired) electrons. The number of aromatic nitrogens is 2. The lowest BCUT2D eigenvalue weighted by molar-refractivity contribution is -0.953. The van der Waals surface area contributed by atoms with E-state index in [1.54, 1.807) is 0 Å². The fraction of sp³-hybridized carbons (Fsp3) is 0.577. The average molecular weight is 489 g/mol. The first-order valence-corrected chi connectivity index (χ1v) is 13.2. The van der Waals surface area contributed by atoms with E-state index < -0.39 is 12.4 Å². The zero-order chi connectivity index (χ0) is 24.2. The lowest BCUT2D eigenvalue weighted by Crippen LogP contribution is -2.51. The van der Waals surface area contributed by atoms with E-state index in [4.69, 9.17) is 14.2 Å². The first-order chi connectivity index (χ1) is 16.6. The lowest BCUT2D eigenvalue weighted by atomic mass is 10.0. The molecule has 3 rings (SSSR count). The number of rotatable bonds is 13. The molecule has 7 nitrogen and oxygen atoms in total. The van der Waals surface area contributed by atoms with E-state index >= 15 is 0 Å². The molecule has 1 aliphatic rings. The molecule has 0 amide bonds. The van der Waals surface area contributed by atoms with Crippen molar-refractivity contribution in [2.24, 2.45) is 0 Å². The smallest absolute Gasteiger partial charge is 0.475 e. The van der Waals surface area contributed by atoms with Gasteiger partial charge in [0.05, 0.1) is 44.1 Å². The molecule has 2 unspecified atom stereocenters. The minimum Gasteiger partial charge on any atom is -0.475 e. The van der Waals surface area contributed by atoms with Crippen LogP contribution in [0.3, 0.4) is 0 Å². The number of nitrogens with zero attached hydrogens (tertiary/aromatic N) is 3. The molecule has 1 aliphatic heterocycles. The largest absolute Gasteiger partial charge is 0.513 e. The molecule has 1 aromatic carbocycles. The van der Waals surface area contributed by atoms with Crippen molar-refractivity contribution in [2.75, 3.05) is 33.4 Å². The Balaban J connectivity index is 1.74. The van der Waals surface area contributed by atoms with Gasteiger partial charge in [-0.05, 0) is 25.0 Å². The van der Waals surface area contributed by atoms with E-state index in [1.807, 2.05) is 30.3 Å². The van der Waals surface area contributed by atoms with E-state index in [0.29, 0.717) is 30.1 Å². The third-order valence-electron chi connectivity index (χ3n) is 6.14. The molecular formula is C26H38N3O4S+. The van der Waals surface area contributed by atoms with Crippen LogP contribution in [-0.2, 0) is 9.47 Å². The number of benzene rings is 1. The fourth-order valence-corrected chi connectivity index (χ4v) is 4.74. The van der Waals surface area contributed by atoms with Crippen LogP contribution in [0.25, 0.3) is 5.57 Å². The summed E-state index contributed by atoms with van der Waals surface area (Å²) in [5.41, 5.74) is 2.83. The molecule has 0 saturated carbocycles. The number of hydrogen-bond donors (Lipinski definition) is 0. The van der Waals surface area contributed by atoms with E-state index in [0.717, 1.165) is 55.5 Å². The van der Waals surface area contributed by atoms with Crippen molar-refractivity contribution in [3.05, 3.63) is 47.7 Å². The SMILES string of the molecule is CCCCCCOc1nsnc1C1=CCC[N+](C)(C(OC(=O)OCCCC)c2ccccc2)C1. The second kappa shape index (κ2) is 13.4. The Kier molecular flexibility index (Phi) is 10.3. The molecule has 0 N–H and O–H groups in total. The molecule has 2 heterocycles. The number of unbranched alkanes of at least 4 members (excludes halogenated alkanes) is 4. The van der Waals surface area contributed by atoms with Gasteiger partial charge in [0.1, 0.15) is 12.2 Å². The average Bonchev–Trinajstić information content (AvgIpc) is 3.32. The highest BCUT2D eigenvalue weighted by Gasteiger charge is 2.41. The molecule has 0 saturated heterocycles. The predicted molar refractivity (Wildman–Crippen MR) is 135 cm³/mol. The van der Waals surface area contributed by atoms with Gasteiger partial charge in [0.15, 0.2) is 0 Å². The van der Waals surface area contributed by atoms with Crippen molar-refractivity contribution < 1.29 is 23.5 Å². The van der Waals surface area contributed by atoms with Crippen LogP contribution in [0, 0.1) is 0 Å². The third kappa shape index (κ3) is 7.27. The summed E-state index contributed by atoms with van der Waals surface area (Å²) in [7, 11) is 2.12. The molecule has 8 heteroatoms. The molecule has 0 aliphatic carbocycles. The molecule has 34 heavy (non-hydrogen) atoms. The highest BCUT2D eigenvalue weighted by atomic mass is 32.1. The second-order valence-electron chi connectivity index (χ2n) is 9.04. The highest BCUT2D eigenvalue weighted by Crippen LogP contribution is 2.37. The van der Waals surface area contributed by atoms with Crippen LogP contribution in [0.1, 0.15) is 76.3 Å². The summed E-state index contributed by atoms with van der Waals surface area (Å²) >= 11 is 1.18. The van der Waals surface area contributed by atoms with Crippen LogP contribution in [0.5, 0.6) is 5.88 Å². The quantitative estimate of drug-likeness (QED) is 0.185. The van der Waals surface area contributed by atoms with E-state index in [2.05, 4.69) is 35.7 Å². The summed E-state index contributed by atoms with van der Waals surface area (Å²) in [5.74, 6) is 0.609. The van der Waals surface area contributed by atoms with Gasteiger partial charge in [0.2, 0.25) is 0 Å². The predicted octanol–water partition coefficient (Wildman–Crippen LogP) is 6.38. The van der Waals surface area contributed by atoms with E-state index in [9.17, 15) is 4.79 Å². The summed E-state index contributed by atoms with van der Waals surface area (Å²) in [6.07, 6.45) is 8.32. The van der Waals surface area contributed by atoms with Crippen LogP contribution < -0.4 is 4.74 Å². The number of carbonyl (C=O) groups excluding carboxylic acids is 1. The summed E-state index contributed by atoms with van der Waals surface area (Å²) in [6, 6.07) is 9.90. The number of carbonyl (C=O) groups is 1. The Labute approximate surface area is 207 Å². The van der Waals surface area contributed by atoms with Crippen molar-refractivity contribution in [3.63, 3.8) is 0 Å². The van der Waals surface area contributed by atoms with Crippen LogP contribution >= 0.6 is 11.7 Å². The van der Waals surface area contributed by atoms with Crippen LogP contribution in [0.4, 0.5) is 4.79 Å². The van der Waals surface area contributed by atoms with Crippen LogP contribution in [-0.4, -0.2) is 52.7 Å². The maximum Gasteiger partial charge on any atom is 0.513 e. The zero-order valence-corrected chi connectivity index (χ0v) is 21.5. The Morgan fingerprint density at radius 2 is 1.85 bits per heavy atom. The van der Waals surface area contributed by atoms with Gasteiger partial charge in [-0.25, -0.2) is 4.79 Å². The summed E-state index contributed by atoms with van der Waals surface area (Å²) in [6.45, 7) is 6.76. The van der Waals surface area contributed by atoms with Gasteiger partial charge in [-0.1, -0.05) is 63.8 Å². The van der Waals surface area contributed by atoms with Crippen molar-refractivity contribution in [2.45, 2.75) is 65.0 Å². The lowest BCUT2D eigenvalue weighted by Gasteiger charge is -2.42. The minimum atomic E-state index is -0.621. The zero-order valence-electron chi connectivity index (χ0n) is 20.7. The Morgan fingerprint density at radius 1 is 1.06 bits per heavy atom. The number of hydrogen-bond acceptors (Lipinski definition) is 7. The van der Waals surface area contributed by atoms with Gasteiger partial charge in [-0.15, -0.1) is 4.37 Å². The molecule has 0 fully saturated rings.